The van der Waals surface area contributed by atoms with Crippen LogP contribution in [0.25, 0.3) is 0 Å². The van der Waals surface area contributed by atoms with Crippen LogP contribution in [-0.2, 0) is 9.59 Å². The summed E-state index contributed by atoms with van der Waals surface area (Å²) < 4.78 is 11.0. The van der Waals surface area contributed by atoms with Gasteiger partial charge in [0.15, 0.2) is 11.5 Å². The standard InChI is InChI=1S/C23H28N2O4S/c1-15-6-4-7-16(2)22(15)25-21(26)8-5-13-30-17(3)23(27)24-18-9-10-19-20(14-18)29-12-11-28-19/h4,6-7,9-10,14,17H,5,8,11-13H2,1-3H3,(H,24,27)(H,25,26)/t17-/m0/s1. The maximum Gasteiger partial charge on any atom is 0.237 e. The Labute approximate surface area is 181 Å². The van der Waals surface area contributed by atoms with Gasteiger partial charge in [-0.15, -0.1) is 11.8 Å². The Kier molecular flexibility index (Phi) is 7.63. The first-order chi connectivity index (χ1) is 14.4. The van der Waals surface area contributed by atoms with E-state index in [0.29, 0.717) is 43.2 Å². The Bertz CT molecular complexity index is 896. The quantitative estimate of drug-likeness (QED) is 0.603. The topological polar surface area (TPSA) is 76.7 Å². The summed E-state index contributed by atoms with van der Waals surface area (Å²) in [6.45, 7) is 6.89. The number of nitrogens with one attached hydrogen (secondary N) is 2. The summed E-state index contributed by atoms with van der Waals surface area (Å²) in [6, 6.07) is 11.3. The molecule has 1 atom stereocenters. The molecule has 6 nitrogen and oxygen atoms in total. The first kappa shape index (κ1) is 22.0. The van der Waals surface area contributed by atoms with Gasteiger partial charge in [-0.25, -0.2) is 0 Å². The molecule has 0 fully saturated rings. The van der Waals surface area contributed by atoms with Crippen molar-refractivity contribution in [3.05, 3.63) is 47.5 Å². The number of amides is 2. The number of hydrogen-bond donors (Lipinski definition) is 2. The third-order valence-corrected chi connectivity index (χ3v) is 6.08. The number of aryl methyl sites for hydroxylation is 2. The van der Waals surface area contributed by atoms with Crippen molar-refractivity contribution >= 4 is 35.0 Å². The van der Waals surface area contributed by atoms with E-state index in [1.807, 2.05) is 39.0 Å². The highest BCUT2D eigenvalue weighted by Crippen LogP contribution is 2.32. The third-order valence-electron chi connectivity index (χ3n) is 4.84. The number of ether oxygens (including phenoxy) is 2. The van der Waals surface area contributed by atoms with Crippen molar-refractivity contribution in [2.75, 3.05) is 29.6 Å². The number of fused-ring (bicyclic) bond motifs is 1. The minimum Gasteiger partial charge on any atom is -0.486 e. The van der Waals surface area contributed by atoms with Crippen LogP contribution >= 0.6 is 11.8 Å². The lowest BCUT2D eigenvalue weighted by molar-refractivity contribution is -0.116. The second-order valence-corrected chi connectivity index (χ2v) is 8.73. The van der Waals surface area contributed by atoms with Gasteiger partial charge in [-0.3, -0.25) is 9.59 Å². The Morgan fingerprint density at radius 2 is 1.73 bits per heavy atom. The Balaban J connectivity index is 1.39. The van der Waals surface area contributed by atoms with Gasteiger partial charge in [-0.2, -0.15) is 0 Å². The molecule has 2 aromatic carbocycles. The minimum atomic E-state index is -0.222. The molecule has 2 amide bonds. The number of anilines is 2. The first-order valence-corrected chi connectivity index (χ1v) is 11.2. The highest BCUT2D eigenvalue weighted by atomic mass is 32.2. The number of para-hydroxylation sites is 1. The smallest absolute Gasteiger partial charge is 0.237 e. The molecule has 2 aromatic rings. The number of rotatable bonds is 8. The first-order valence-electron chi connectivity index (χ1n) is 10.1. The summed E-state index contributed by atoms with van der Waals surface area (Å²) >= 11 is 1.54. The third kappa shape index (κ3) is 5.92. The van der Waals surface area contributed by atoms with Crippen molar-refractivity contribution in [3.8, 4) is 11.5 Å². The number of hydrogen-bond acceptors (Lipinski definition) is 5. The lowest BCUT2D eigenvalue weighted by Crippen LogP contribution is -2.23. The predicted molar refractivity (Wildman–Crippen MR) is 122 cm³/mol. The highest BCUT2D eigenvalue weighted by molar-refractivity contribution is 8.00. The summed E-state index contributed by atoms with van der Waals surface area (Å²) in [4.78, 5) is 24.7. The molecule has 0 unspecified atom stereocenters. The zero-order chi connectivity index (χ0) is 21.5. The average molecular weight is 429 g/mol. The Hall–Kier alpha value is -2.67. The van der Waals surface area contributed by atoms with Crippen LogP contribution in [-0.4, -0.2) is 36.0 Å². The average Bonchev–Trinajstić information content (AvgIpc) is 2.73. The van der Waals surface area contributed by atoms with E-state index in [2.05, 4.69) is 10.6 Å². The van der Waals surface area contributed by atoms with Crippen LogP contribution in [0.15, 0.2) is 36.4 Å². The molecule has 3 rings (SSSR count). The number of benzene rings is 2. The van der Waals surface area contributed by atoms with Crippen LogP contribution in [0.4, 0.5) is 11.4 Å². The van der Waals surface area contributed by atoms with Gasteiger partial charge in [0.2, 0.25) is 11.8 Å². The van der Waals surface area contributed by atoms with E-state index in [0.717, 1.165) is 22.6 Å². The van der Waals surface area contributed by atoms with Crippen LogP contribution < -0.4 is 20.1 Å². The van der Waals surface area contributed by atoms with Crippen molar-refractivity contribution < 1.29 is 19.1 Å². The molecule has 0 aliphatic carbocycles. The van der Waals surface area contributed by atoms with Crippen molar-refractivity contribution in [3.63, 3.8) is 0 Å². The number of carbonyl (C=O) groups excluding carboxylic acids is 2. The summed E-state index contributed by atoms with van der Waals surface area (Å²) in [6.07, 6.45) is 1.14. The molecule has 1 aliphatic heterocycles. The molecular weight excluding hydrogens is 400 g/mol. The van der Waals surface area contributed by atoms with Crippen LogP contribution in [0.3, 0.4) is 0 Å². The van der Waals surface area contributed by atoms with E-state index in [-0.39, 0.29) is 17.1 Å². The highest BCUT2D eigenvalue weighted by Gasteiger charge is 2.16. The maximum absolute atomic E-state index is 12.4. The van der Waals surface area contributed by atoms with Crippen LogP contribution in [0.1, 0.15) is 30.9 Å². The lowest BCUT2D eigenvalue weighted by Gasteiger charge is -2.19. The molecule has 30 heavy (non-hydrogen) atoms. The molecule has 160 valence electrons. The van der Waals surface area contributed by atoms with Gasteiger partial charge in [-0.1, -0.05) is 18.2 Å². The minimum absolute atomic E-state index is 0.00128. The monoisotopic (exact) mass is 428 g/mol. The van der Waals surface area contributed by atoms with E-state index in [4.69, 9.17) is 9.47 Å². The molecular formula is C23H28N2O4S. The fourth-order valence-corrected chi connectivity index (χ4v) is 4.02. The SMILES string of the molecule is Cc1cccc(C)c1NC(=O)CCCS[C@@H](C)C(=O)Nc1ccc2c(c1)OCCO2. The van der Waals surface area contributed by atoms with Crippen molar-refractivity contribution in [2.45, 2.75) is 38.9 Å². The zero-order valence-corrected chi connectivity index (χ0v) is 18.4. The molecule has 7 heteroatoms. The van der Waals surface area contributed by atoms with Crippen molar-refractivity contribution in [1.29, 1.82) is 0 Å². The van der Waals surface area contributed by atoms with Gasteiger partial charge >= 0.3 is 0 Å². The van der Waals surface area contributed by atoms with Crippen LogP contribution in [0, 0.1) is 13.8 Å². The van der Waals surface area contributed by atoms with E-state index >= 15 is 0 Å². The number of thioether (sulfide) groups is 1. The molecule has 2 N–H and O–H groups in total. The second kappa shape index (κ2) is 10.4. The Morgan fingerprint density at radius 1 is 1.03 bits per heavy atom. The molecule has 0 bridgehead atoms. The fourth-order valence-electron chi connectivity index (χ4n) is 3.15. The van der Waals surface area contributed by atoms with Gasteiger partial charge in [0.05, 0.1) is 5.25 Å². The van der Waals surface area contributed by atoms with Gasteiger partial charge < -0.3 is 20.1 Å². The van der Waals surface area contributed by atoms with Crippen molar-refractivity contribution in [1.82, 2.24) is 0 Å². The lowest BCUT2D eigenvalue weighted by atomic mass is 10.1. The second-order valence-electron chi connectivity index (χ2n) is 7.28. The summed E-state index contributed by atoms with van der Waals surface area (Å²) in [5.41, 5.74) is 3.69. The molecule has 1 aliphatic rings. The Morgan fingerprint density at radius 3 is 2.47 bits per heavy atom. The normalized spacial score (nSPS) is 13.4. The van der Waals surface area contributed by atoms with Crippen molar-refractivity contribution in [2.24, 2.45) is 0 Å². The molecule has 0 saturated heterocycles. The number of carbonyl (C=O) groups is 2. The van der Waals surface area contributed by atoms with Gasteiger partial charge in [0.25, 0.3) is 0 Å². The van der Waals surface area contributed by atoms with E-state index < -0.39 is 0 Å². The predicted octanol–water partition coefficient (Wildman–Crippen LogP) is 4.55. The molecule has 0 radical (unpaired) electrons. The summed E-state index contributed by atoms with van der Waals surface area (Å²) in [5.74, 6) is 2.00. The van der Waals surface area contributed by atoms with E-state index in [1.165, 1.54) is 11.8 Å². The summed E-state index contributed by atoms with van der Waals surface area (Å²) in [5, 5.41) is 5.69. The maximum atomic E-state index is 12.4. The molecule has 0 spiro atoms. The molecule has 1 heterocycles. The largest absolute Gasteiger partial charge is 0.486 e. The van der Waals surface area contributed by atoms with E-state index in [1.54, 1.807) is 18.2 Å². The zero-order valence-electron chi connectivity index (χ0n) is 17.6. The van der Waals surface area contributed by atoms with Gasteiger partial charge in [-0.05, 0) is 56.2 Å². The summed E-state index contributed by atoms with van der Waals surface area (Å²) in [7, 11) is 0. The van der Waals surface area contributed by atoms with Gasteiger partial charge in [0.1, 0.15) is 13.2 Å². The molecule has 0 aromatic heterocycles. The van der Waals surface area contributed by atoms with Gasteiger partial charge in [0, 0.05) is 23.9 Å². The van der Waals surface area contributed by atoms with E-state index in [9.17, 15) is 9.59 Å². The fraction of sp³-hybridized carbons (Fsp3) is 0.391. The van der Waals surface area contributed by atoms with Crippen LogP contribution in [0.2, 0.25) is 0 Å². The van der Waals surface area contributed by atoms with Crippen LogP contribution in [0.5, 0.6) is 11.5 Å². The molecule has 0 saturated carbocycles.